The first-order valence-corrected chi connectivity index (χ1v) is 6.66. The molecule has 0 bridgehead atoms. The van der Waals surface area contributed by atoms with Crippen molar-refractivity contribution in [1.29, 1.82) is 0 Å². The number of rotatable bonds is 3. The summed E-state index contributed by atoms with van der Waals surface area (Å²) in [7, 11) is 0. The summed E-state index contributed by atoms with van der Waals surface area (Å²) in [6.45, 7) is 2.24. The summed E-state index contributed by atoms with van der Waals surface area (Å²) in [5, 5.41) is 2.80. The minimum Gasteiger partial charge on any atom is -0.454 e. The molecule has 0 saturated carbocycles. The lowest BCUT2D eigenvalue weighted by Gasteiger charge is -2.03. The van der Waals surface area contributed by atoms with Gasteiger partial charge in [-0.05, 0) is 30.7 Å². The predicted octanol–water partition coefficient (Wildman–Crippen LogP) is 3.38. The topological polar surface area (TPSA) is 47.6 Å². The zero-order valence-electron chi connectivity index (χ0n) is 11.6. The number of benzene rings is 2. The van der Waals surface area contributed by atoms with E-state index in [-0.39, 0.29) is 12.7 Å². The summed E-state index contributed by atoms with van der Waals surface area (Å²) in [5.41, 5.74) is 2.84. The molecule has 0 unspecified atom stereocenters. The van der Waals surface area contributed by atoms with Crippen molar-refractivity contribution < 1.29 is 14.3 Å². The molecule has 2 aromatic carbocycles. The Bertz CT molecular complexity index is 707. The molecular formula is C17H15NO3. The van der Waals surface area contributed by atoms with E-state index in [0.29, 0.717) is 17.2 Å². The van der Waals surface area contributed by atoms with Crippen molar-refractivity contribution in [2.45, 2.75) is 6.92 Å². The van der Waals surface area contributed by atoms with Gasteiger partial charge in [-0.3, -0.25) is 4.79 Å². The molecule has 0 fully saturated rings. The Hall–Kier alpha value is -2.75. The number of hydrogen-bond acceptors (Lipinski definition) is 3. The van der Waals surface area contributed by atoms with E-state index in [1.165, 1.54) is 6.08 Å². The number of fused-ring (bicyclic) bond motifs is 1. The van der Waals surface area contributed by atoms with E-state index in [1.807, 2.05) is 31.2 Å². The van der Waals surface area contributed by atoms with Gasteiger partial charge in [0.05, 0.1) is 0 Å². The van der Waals surface area contributed by atoms with Gasteiger partial charge in [0.15, 0.2) is 11.5 Å². The van der Waals surface area contributed by atoms with Crippen LogP contribution < -0.4 is 14.8 Å². The highest BCUT2D eigenvalue weighted by Gasteiger charge is 2.13. The van der Waals surface area contributed by atoms with E-state index in [0.717, 1.165) is 11.1 Å². The van der Waals surface area contributed by atoms with E-state index in [9.17, 15) is 4.79 Å². The van der Waals surface area contributed by atoms with E-state index >= 15 is 0 Å². The summed E-state index contributed by atoms with van der Waals surface area (Å²) in [5.74, 6) is 1.16. The second-order valence-corrected chi connectivity index (χ2v) is 4.80. The average molecular weight is 281 g/mol. The first-order chi connectivity index (χ1) is 10.2. The molecule has 0 spiro atoms. The number of ether oxygens (including phenoxy) is 2. The Morgan fingerprint density at radius 1 is 1.14 bits per heavy atom. The Balaban J connectivity index is 1.66. The van der Waals surface area contributed by atoms with E-state index in [4.69, 9.17) is 9.47 Å². The maximum atomic E-state index is 11.9. The van der Waals surface area contributed by atoms with Gasteiger partial charge < -0.3 is 14.8 Å². The van der Waals surface area contributed by atoms with Crippen LogP contribution in [0.1, 0.15) is 11.1 Å². The van der Waals surface area contributed by atoms with Crippen molar-refractivity contribution in [3.8, 4) is 11.5 Å². The van der Waals surface area contributed by atoms with Gasteiger partial charge in [-0.15, -0.1) is 0 Å². The van der Waals surface area contributed by atoms with Crippen LogP contribution in [0.25, 0.3) is 6.08 Å². The summed E-state index contributed by atoms with van der Waals surface area (Å²) in [6.07, 6.45) is 3.30. The molecule has 106 valence electrons. The summed E-state index contributed by atoms with van der Waals surface area (Å²) in [6, 6.07) is 13.3. The number of amides is 1. The molecule has 0 aliphatic carbocycles. The maximum absolute atomic E-state index is 11.9. The van der Waals surface area contributed by atoms with Crippen LogP contribution in [0.15, 0.2) is 48.5 Å². The van der Waals surface area contributed by atoms with E-state index < -0.39 is 0 Å². The molecule has 1 aliphatic heterocycles. The van der Waals surface area contributed by atoms with Crippen molar-refractivity contribution in [2.75, 3.05) is 12.1 Å². The lowest BCUT2D eigenvalue weighted by Crippen LogP contribution is -2.07. The minimum absolute atomic E-state index is 0.185. The van der Waals surface area contributed by atoms with Gasteiger partial charge in [-0.1, -0.05) is 29.8 Å². The monoisotopic (exact) mass is 281 g/mol. The van der Waals surface area contributed by atoms with Crippen LogP contribution in [0.3, 0.4) is 0 Å². The molecule has 1 amide bonds. The van der Waals surface area contributed by atoms with Gasteiger partial charge in [0.1, 0.15) is 0 Å². The maximum Gasteiger partial charge on any atom is 0.248 e. The van der Waals surface area contributed by atoms with Crippen molar-refractivity contribution in [3.05, 3.63) is 59.7 Å². The number of carbonyl (C=O) groups is 1. The highest BCUT2D eigenvalue weighted by Crippen LogP contribution is 2.34. The first kappa shape index (κ1) is 13.2. The van der Waals surface area contributed by atoms with Crippen molar-refractivity contribution >= 4 is 17.7 Å². The molecule has 21 heavy (non-hydrogen) atoms. The number of aryl methyl sites for hydroxylation is 1. The molecule has 1 aliphatic rings. The molecular weight excluding hydrogens is 266 g/mol. The molecule has 4 heteroatoms. The van der Waals surface area contributed by atoms with Gasteiger partial charge in [-0.2, -0.15) is 0 Å². The summed E-state index contributed by atoms with van der Waals surface area (Å²) in [4.78, 5) is 11.9. The third-order valence-corrected chi connectivity index (χ3v) is 3.11. The Kier molecular flexibility index (Phi) is 3.60. The Labute approximate surface area is 123 Å². The third-order valence-electron chi connectivity index (χ3n) is 3.11. The second-order valence-electron chi connectivity index (χ2n) is 4.80. The predicted molar refractivity (Wildman–Crippen MR) is 81.4 cm³/mol. The lowest BCUT2D eigenvalue weighted by molar-refractivity contribution is -0.111. The van der Waals surface area contributed by atoms with Crippen LogP contribution in [0.2, 0.25) is 0 Å². The summed E-state index contributed by atoms with van der Waals surface area (Å²) >= 11 is 0. The highest BCUT2D eigenvalue weighted by molar-refractivity contribution is 6.02. The SMILES string of the molecule is Cc1cccc(/C=C/C(=O)Nc2ccc3c(c2)OCO3)c1. The number of hydrogen-bond donors (Lipinski definition) is 1. The zero-order chi connectivity index (χ0) is 14.7. The third kappa shape index (κ3) is 3.23. The molecule has 1 N–H and O–H groups in total. The largest absolute Gasteiger partial charge is 0.454 e. The minimum atomic E-state index is -0.185. The van der Waals surface area contributed by atoms with E-state index in [1.54, 1.807) is 24.3 Å². The Morgan fingerprint density at radius 3 is 2.86 bits per heavy atom. The number of nitrogens with one attached hydrogen (secondary N) is 1. The van der Waals surface area contributed by atoms with Crippen LogP contribution in [0.5, 0.6) is 11.5 Å². The molecule has 2 aromatic rings. The summed E-state index contributed by atoms with van der Waals surface area (Å²) < 4.78 is 10.5. The van der Waals surface area contributed by atoms with Gasteiger partial charge in [0.25, 0.3) is 0 Å². The lowest BCUT2D eigenvalue weighted by atomic mass is 10.1. The molecule has 0 radical (unpaired) electrons. The van der Waals surface area contributed by atoms with Gasteiger partial charge in [-0.25, -0.2) is 0 Å². The molecule has 0 aromatic heterocycles. The molecule has 0 atom stereocenters. The van der Waals surface area contributed by atoms with Crippen LogP contribution in [-0.4, -0.2) is 12.7 Å². The van der Waals surface area contributed by atoms with Gasteiger partial charge in [0, 0.05) is 17.8 Å². The smallest absolute Gasteiger partial charge is 0.248 e. The van der Waals surface area contributed by atoms with Crippen LogP contribution in [0, 0.1) is 6.92 Å². The van der Waals surface area contributed by atoms with Crippen molar-refractivity contribution in [2.24, 2.45) is 0 Å². The van der Waals surface area contributed by atoms with Crippen LogP contribution >= 0.6 is 0 Å². The highest BCUT2D eigenvalue weighted by atomic mass is 16.7. The number of anilines is 1. The fourth-order valence-electron chi connectivity index (χ4n) is 2.10. The normalized spacial score (nSPS) is 12.6. The standard InChI is InChI=1S/C17H15NO3/c1-12-3-2-4-13(9-12)5-8-17(19)18-14-6-7-15-16(10-14)21-11-20-15/h2-10H,11H2,1H3,(H,18,19)/b8-5+. The van der Waals surface area contributed by atoms with Crippen molar-refractivity contribution in [3.63, 3.8) is 0 Å². The van der Waals surface area contributed by atoms with Gasteiger partial charge in [0.2, 0.25) is 12.7 Å². The van der Waals surface area contributed by atoms with Crippen molar-refractivity contribution in [1.82, 2.24) is 0 Å². The molecule has 3 rings (SSSR count). The zero-order valence-corrected chi connectivity index (χ0v) is 11.6. The fourth-order valence-corrected chi connectivity index (χ4v) is 2.10. The second kappa shape index (κ2) is 5.71. The number of carbonyl (C=O) groups excluding carboxylic acids is 1. The van der Waals surface area contributed by atoms with Crippen LogP contribution in [0.4, 0.5) is 5.69 Å². The molecule has 1 heterocycles. The van der Waals surface area contributed by atoms with Gasteiger partial charge >= 0.3 is 0 Å². The fraction of sp³-hybridized carbons (Fsp3) is 0.118. The van der Waals surface area contributed by atoms with Crippen LogP contribution in [-0.2, 0) is 4.79 Å². The quantitative estimate of drug-likeness (QED) is 0.877. The first-order valence-electron chi connectivity index (χ1n) is 6.66. The van der Waals surface area contributed by atoms with E-state index in [2.05, 4.69) is 5.32 Å². The Morgan fingerprint density at radius 2 is 2.00 bits per heavy atom. The average Bonchev–Trinajstić information content (AvgIpc) is 2.93. The molecule has 0 saturated heterocycles. The molecule has 4 nitrogen and oxygen atoms in total.